The van der Waals surface area contributed by atoms with Crippen LogP contribution in [0.2, 0.25) is 5.02 Å². The number of piperazine rings is 1. The van der Waals surface area contributed by atoms with Crippen LogP contribution in [-0.2, 0) is 4.79 Å². The zero-order valence-corrected chi connectivity index (χ0v) is 21.8. The van der Waals surface area contributed by atoms with E-state index in [0.29, 0.717) is 34.4 Å². The number of carbonyl (C=O) groups excluding carboxylic acids is 1. The molecule has 5 rings (SSSR count). The van der Waals surface area contributed by atoms with E-state index in [-0.39, 0.29) is 10.8 Å². The normalized spacial score (nSPS) is 13.8. The molecular weight excluding hydrogens is 507 g/mol. The van der Waals surface area contributed by atoms with Gasteiger partial charge in [-0.3, -0.25) is 14.8 Å². The summed E-state index contributed by atoms with van der Waals surface area (Å²) < 4.78 is 15.0. The van der Waals surface area contributed by atoms with Gasteiger partial charge in [0.2, 0.25) is 6.41 Å². The van der Waals surface area contributed by atoms with Crippen molar-refractivity contribution in [1.29, 1.82) is 0 Å². The Morgan fingerprint density at radius 3 is 2.47 bits per heavy atom. The van der Waals surface area contributed by atoms with Gasteiger partial charge in [0.15, 0.2) is 0 Å². The molecule has 4 aromatic rings. The Kier molecular flexibility index (Phi) is 7.22. The highest BCUT2D eigenvalue weighted by Crippen LogP contribution is 2.43. The Bertz CT molecular complexity index is 1510. The number of nitrogens with zero attached hydrogens (tertiary/aromatic N) is 4. The zero-order valence-electron chi connectivity index (χ0n) is 21.1. The molecule has 8 nitrogen and oxygen atoms in total. The van der Waals surface area contributed by atoms with E-state index in [1.807, 2.05) is 26.2 Å². The molecule has 1 aliphatic heterocycles. The third-order valence-electron chi connectivity index (χ3n) is 6.56. The molecular formula is C28H28ClFN6O2. The van der Waals surface area contributed by atoms with Crippen molar-refractivity contribution in [2.75, 3.05) is 50.1 Å². The molecule has 1 aromatic heterocycles. The number of amides is 1. The summed E-state index contributed by atoms with van der Waals surface area (Å²) in [5.41, 5.74) is 4.07. The number of benzene rings is 3. The molecule has 1 amide bonds. The summed E-state index contributed by atoms with van der Waals surface area (Å²) in [5.74, 6) is -0.565. The average Bonchev–Trinajstić information content (AvgIpc) is 3.39. The molecule has 0 aliphatic carbocycles. The van der Waals surface area contributed by atoms with Crippen LogP contribution in [-0.4, -0.2) is 66.9 Å². The summed E-state index contributed by atoms with van der Waals surface area (Å²) >= 11 is 6.53. The molecule has 1 aliphatic rings. The number of anilines is 2. The third-order valence-corrected chi connectivity index (χ3v) is 6.86. The number of phenolic OH excluding ortho intramolecular Hbond substituents is 1. The number of rotatable bonds is 7. The van der Waals surface area contributed by atoms with Gasteiger partial charge in [0, 0.05) is 74.9 Å². The maximum atomic E-state index is 15.0. The molecule has 1 fully saturated rings. The minimum atomic E-state index is -0.495. The highest BCUT2D eigenvalue weighted by atomic mass is 35.5. The van der Waals surface area contributed by atoms with Crippen molar-refractivity contribution in [3.05, 3.63) is 71.9 Å². The zero-order chi connectivity index (χ0) is 26.8. The summed E-state index contributed by atoms with van der Waals surface area (Å²) in [7, 11) is 3.68. The summed E-state index contributed by atoms with van der Waals surface area (Å²) in [5, 5.41) is 23.2. The number of aromatic nitrogens is 2. The topological polar surface area (TPSA) is 87.7 Å². The van der Waals surface area contributed by atoms with E-state index >= 15 is 0 Å². The lowest BCUT2D eigenvalue weighted by Crippen LogP contribution is -2.43. The number of nitrogens with one attached hydrogen (secondary N) is 2. The van der Waals surface area contributed by atoms with Gasteiger partial charge in [-0.25, -0.2) is 4.39 Å². The standard InChI is InChI=1S/C28H28ClFN6O2/c1-34(2)9-10-36(17-37)26-4-3-18(11-24(26)29)21-14-20(30)15-22(28(21)38)19-12-25-23(16-32-33-25)27(13-19)35-7-5-31-6-8-35/h3-4,9-17,31,38H,5-8H2,1-2H3,(H,32,33)/b10-9-. The lowest BCUT2D eigenvalue weighted by molar-refractivity contribution is -0.106. The predicted molar refractivity (Wildman–Crippen MR) is 150 cm³/mol. The molecule has 196 valence electrons. The van der Waals surface area contributed by atoms with Gasteiger partial charge >= 0.3 is 0 Å². The van der Waals surface area contributed by atoms with E-state index < -0.39 is 5.82 Å². The van der Waals surface area contributed by atoms with Gasteiger partial charge in [-0.2, -0.15) is 5.10 Å². The Morgan fingerprint density at radius 1 is 1.05 bits per heavy atom. The summed E-state index contributed by atoms with van der Waals surface area (Å²) in [6.07, 6.45) is 5.75. The van der Waals surface area contributed by atoms with Crippen LogP contribution in [0.15, 0.2) is 61.1 Å². The molecule has 0 saturated carbocycles. The molecule has 3 N–H and O–H groups in total. The van der Waals surface area contributed by atoms with Gasteiger partial charge in [0.25, 0.3) is 0 Å². The number of hydrogen-bond acceptors (Lipinski definition) is 6. The first kappa shape index (κ1) is 25.6. The van der Waals surface area contributed by atoms with E-state index in [9.17, 15) is 14.3 Å². The lowest BCUT2D eigenvalue weighted by atomic mass is 9.95. The van der Waals surface area contributed by atoms with Crippen molar-refractivity contribution in [3.8, 4) is 28.0 Å². The number of aromatic amines is 1. The van der Waals surface area contributed by atoms with Gasteiger partial charge in [-0.1, -0.05) is 17.7 Å². The van der Waals surface area contributed by atoms with Gasteiger partial charge in [-0.05, 0) is 47.5 Å². The molecule has 38 heavy (non-hydrogen) atoms. The van der Waals surface area contributed by atoms with Crippen LogP contribution in [0.4, 0.5) is 15.8 Å². The summed E-state index contributed by atoms with van der Waals surface area (Å²) in [4.78, 5) is 17.0. The highest BCUT2D eigenvalue weighted by molar-refractivity contribution is 6.34. The minimum absolute atomic E-state index is 0.0694. The van der Waals surface area contributed by atoms with E-state index in [1.54, 1.807) is 41.7 Å². The second-order valence-electron chi connectivity index (χ2n) is 9.35. The first-order chi connectivity index (χ1) is 18.4. The molecule has 0 radical (unpaired) electrons. The second-order valence-corrected chi connectivity index (χ2v) is 9.76. The molecule has 1 saturated heterocycles. The second kappa shape index (κ2) is 10.7. The SMILES string of the molecule is CN(C)/C=C\N(C=O)c1ccc(-c2cc(F)cc(-c3cc(N4CCNCC4)c4cn[nH]c4c3)c2O)cc1Cl. The molecule has 3 aromatic carbocycles. The van der Waals surface area contributed by atoms with E-state index in [4.69, 9.17) is 11.6 Å². The van der Waals surface area contributed by atoms with Crippen LogP contribution >= 0.6 is 11.6 Å². The maximum Gasteiger partial charge on any atom is 0.218 e. The van der Waals surface area contributed by atoms with Crippen molar-refractivity contribution < 1.29 is 14.3 Å². The van der Waals surface area contributed by atoms with E-state index in [1.165, 1.54) is 17.0 Å². The third kappa shape index (κ3) is 5.03. The van der Waals surface area contributed by atoms with Crippen LogP contribution in [0, 0.1) is 5.82 Å². The van der Waals surface area contributed by atoms with Gasteiger partial charge in [0.05, 0.1) is 22.4 Å². The Hall–Kier alpha value is -4.08. The Balaban J connectivity index is 1.58. The number of fused-ring (bicyclic) bond motifs is 1. The molecule has 10 heteroatoms. The van der Waals surface area contributed by atoms with Crippen LogP contribution in [0.3, 0.4) is 0 Å². The fraction of sp³-hybridized carbons (Fsp3) is 0.214. The molecule has 0 atom stereocenters. The fourth-order valence-electron chi connectivity index (χ4n) is 4.66. The largest absolute Gasteiger partial charge is 0.507 e. The van der Waals surface area contributed by atoms with Gasteiger partial charge in [0.1, 0.15) is 11.6 Å². The quantitative estimate of drug-likeness (QED) is 0.295. The number of halogens is 2. The smallest absolute Gasteiger partial charge is 0.218 e. The predicted octanol–water partition coefficient (Wildman–Crippen LogP) is 4.80. The highest BCUT2D eigenvalue weighted by Gasteiger charge is 2.20. The first-order valence-electron chi connectivity index (χ1n) is 12.2. The summed E-state index contributed by atoms with van der Waals surface area (Å²) in [6.45, 7) is 3.39. The van der Waals surface area contributed by atoms with E-state index in [0.717, 1.165) is 42.8 Å². The van der Waals surface area contributed by atoms with Crippen molar-refractivity contribution in [2.24, 2.45) is 0 Å². The number of phenols is 1. The first-order valence-corrected chi connectivity index (χ1v) is 12.6. The van der Waals surface area contributed by atoms with E-state index in [2.05, 4.69) is 20.4 Å². The number of aromatic hydroxyl groups is 1. The molecule has 2 heterocycles. The van der Waals surface area contributed by atoms with Crippen molar-refractivity contribution in [1.82, 2.24) is 20.4 Å². The number of hydrogen-bond donors (Lipinski definition) is 3. The minimum Gasteiger partial charge on any atom is -0.507 e. The van der Waals surface area contributed by atoms with Gasteiger partial charge < -0.3 is 20.2 Å². The fourth-order valence-corrected chi connectivity index (χ4v) is 4.93. The lowest BCUT2D eigenvalue weighted by Gasteiger charge is -2.30. The number of H-pyrrole nitrogens is 1. The Morgan fingerprint density at radius 2 is 1.79 bits per heavy atom. The molecule has 0 unspecified atom stereocenters. The Labute approximate surface area is 224 Å². The summed E-state index contributed by atoms with van der Waals surface area (Å²) in [6, 6.07) is 11.4. The number of carbonyl (C=O) groups is 1. The maximum absolute atomic E-state index is 15.0. The van der Waals surface area contributed by atoms with Gasteiger partial charge in [-0.15, -0.1) is 0 Å². The van der Waals surface area contributed by atoms with Crippen molar-refractivity contribution in [2.45, 2.75) is 0 Å². The van der Waals surface area contributed by atoms with Crippen molar-refractivity contribution in [3.63, 3.8) is 0 Å². The van der Waals surface area contributed by atoms with Crippen LogP contribution in [0.5, 0.6) is 5.75 Å². The van der Waals surface area contributed by atoms with Crippen LogP contribution in [0.25, 0.3) is 33.2 Å². The van der Waals surface area contributed by atoms with Crippen LogP contribution < -0.4 is 15.1 Å². The molecule has 0 spiro atoms. The van der Waals surface area contributed by atoms with Crippen LogP contribution in [0.1, 0.15) is 0 Å². The average molecular weight is 535 g/mol. The monoisotopic (exact) mass is 534 g/mol. The molecule has 0 bridgehead atoms. The van der Waals surface area contributed by atoms with Crippen molar-refractivity contribution >= 4 is 40.3 Å².